The molecule has 0 aliphatic heterocycles. The lowest BCUT2D eigenvalue weighted by Gasteiger charge is -2.15. The maximum atomic E-state index is 12.3. The van der Waals surface area contributed by atoms with Crippen molar-refractivity contribution in [1.82, 2.24) is 5.32 Å². The summed E-state index contributed by atoms with van der Waals surface area (Å²) in [5, 5.41) is 12.1. The topological polar surface area (TPSA) is 84.9 Å². The predicted octanol–water partition coefficient (Wildman–Crippen LogP) is 6.77. The molecule has 0 radical (unpaired) electrons. The molecule has 0 aromatic rings. The van der Waals surface area contributed by atoms with Crippen LogP contribution in [0.25, 0.3) is 0 Å². The first-order chi connectivity index (χ1) is 18.0. The van der Waals surface area contributed by atoms with Crippen molar-refractivity contribution in [2.24, 2.45) is 0 Å². The molecule has 6 heteroatoms. The third-order valence-corrected chi connectivity index (χ3v) is 4.87. The summed E-state index contributed by atoms with van der Waals surface area (Å²) >= 11 is 0. The number of aliphatic hydroxyl groups excluding tert-OH is 1. The van der Waals surface area contributed by atoms with Crippen molar-refractivity contribution in [3.8, 4) is 0 Å². The van der Waals surface area contributed by atoms with Crippen LogP contribution in [0.15, 0.2) is 97.4 Å². The van der Waals surface area contributed by atoms with Gasteiger partial charge in [0.15, 0.2) is 0 Å². The van der Waals surface area contributed by atoms with Gasteiger partial charge in [-0.2, -0.15) is 0 Å². The molecule has 2 N–H and O–H groups in total. The van der Waals surface area contributed by atoms with Crippen LogP contribution in [0.2, 0.25) is 0 Å². The van der Waals surface area contributed by atoms with Gasteiger partial charge in [-0.25, -0.2) is 4.79 Å². The van der Waals surface area contributed by atoms with E-state index in [-0.39, 0.29) is 24.6 Å². The molecule has 0 rings (SSSR count). The third kappa shape index (κ3) is 19.5. The molecule has 1 amide bonds. The van der Waals surface area contributed by atoms with Crippen LogP contribution in [-0.2, 0) is 19.1 Å². The van der Waals surface area contributed by atoms with E-state index in [4.69, 9.17) is 9.47 Å². The molecule has 1 unspecified atom stereocenters. The summed E-state index contributed by atoms with van der Waals surface area (Å²) in [6.45, 7) is 11.3. The fourth-order valence-electron chi connectivity index (χ4n) is 2.94. The van der Waals surface area contributed by atoms with Gasteiger partial charge in [-0.1, -0.05) is 93.8 Å². The lowest BCUT2D eigenvalue weighted by Crippen LogP contribution is -2.38. The molecule has 0 aliphatic carbocycles. The van der Waals surface area contributed by atoms with Crippen molar-refractivity contribution < 1.29 is 24.2 Å². The minimum Gasteiger partial charge on any atom is -0.508 e. The highest BCUT2D eigenvalue weighted by atomic mass is 16.5. The van der Waals surface area contributed by atoms with Crippen LogP contribution >= 0.6 is 0 Å². The molecule has 0 fully saturated rings. The van der Waals surface area contributed by atoms with Gasteiger partial charge in [0.1, 0.15) is 24.0 Å². The van der Waals surface area contributed by atoms with E-state index in [1.54, 1.807) is 0 Å². The van der Waals surface area contributed by atoms with Crippen molar-refractivity contribution in [3.63, 3.8) is 0 Å². The number of amides is 1. The summed E-state index contributed by atoms with van der Waals surface area (Å²) in [6.07, 6.45) is 29.7. The molecule has 37 heavy (non-hydrogen) atoms. The van der Waals surface area contributed by atoms with Crippen LogP contribution in [0, 0.1) is 0 Å². The fraction of sp³-hybridized carbons (Fsp3) is 0.419. The average molecular weight is 512 g/mol. The summed E-state index contributed by atoms with van der Waals surface area (Å²) in [4.78, 5) is 24.2. The molecule has 1 atom stereocenters. The number of hydrogen-bond acceptors (Lipinski definition) is 5. The lowest BCUT2D eigenvalue weighted by atomic mass is 10.2. The van der Waals surface area contributed by atoms with Gasteiger partial charge in [0.25, 0.3) is 0 Å². The van der Waals surface area contributed by atoms with Gasteiger partial charge in [-0.05, 0) is 51.0 Å². The zero-order valence-corrected chi connectivity index (χ0v) is 22.6. The number of hydrogen-bond donors (Lipinski definition) is 2. The zero-order chi connectivity index (χ0) is 27.6. The number of nitrogens with one attached hydrogen (secondary N) is 1. The number of rotatable bonds is 21. The van der Waals surface area contributed by atoms with Gasteiger partial charge in [0.2, 0.25) is 5.91 Å². The van der Waals surface area contributed by atoms with Gasteiger partial charge in [0.05, 0.1) is 13.2 Å². The highest BCUT2D eigenvalue weighted by molar-refractivity contribution is 5.92. The second-order valence-corrected chi connectivity index (χ2v) is 7.95. The van der Waals surface area contributed by atoms with E-state index in [1.165, 1.54) is 12.2 Å². The number of esters is 1. The fourth-order valence-corrected chi connectivity index (χ4v) is 2.94. The molecule has 0 bridgehead atoms. The first-order valence-electron chi connectivity index (χ1n) is 13.0. The van der Waals surface area contributed by atoms with Crippen molar-refractivity contribution in [3.05, 3.63) is 97.4 Å². The largest absolute Gasteiger partial charge is 0.508 e. The molecule has 0 aliphatic rings. The molecule has 0 aromatic carbocycles. The Kier molecular flexibility index (Phi) is 22.1. The maximum absolute atomic E-state index is 12.3. The number of carbonyl (C=O) groups excluding carboxylic acids is 2. The summed E-state index contributed by atoms with van der Waals surface area (Å²) in [5.74, 6) is -1.39. The Balaban J connectivity index is 3.99. The Labute approximate surface area is 223 Å². The number of aliphatic hydroxyl groups is 1. The van der Waals surface area contributed by atoms with Crippen molar-refractivity contribution in [2.75, 3.05) is 19.8 Å². The first kappa shape index (κ1) is 33.6. The Morgan fingerprint density at radius 3 is 1.89 bits per heavy atom. The van der Waals surface area contributed by atoms with E-state index < -0.39 is 17.8 Å². The van der Waals surface area contributed by atoms with Gasteiger partial charge in [-0.15, -0.1) is 0 Å². The minimum absolute atomic E-state index is 0.0389. The summed E-state index contributed by atoms with van der Waals surface area (Å²) in [5.41, 5.74) is -0.0776. The zero-order valence-electron chi connectivity index (χ0n) is 22.6. The predicted molar refractivity (Wildman–Crippen MR) is 153 cm³/mol. The summed E-state index contributed by atoms with van der Waals surface area (Å²) in [6, 6.07) is 0. The Morgan fingerprint density at radius 1 is 0.865 bits per heavy atom. The standard InChI is InChI=1S/C31H45NO5/c1-5-8-9-10-11-12-13-14-15-16-17-18-19-20-21-22-25-36-29(7-3)30(34)32-24-26-37-31(35)28(23-6-2)27(4)33/h6,8-9,11-12,14-15,17-18,20-21,23,29,33H,2,4-5,7,10,13,16,19,22,24-26H2,1,3H3,(H,32,34)/b9-8-,12-11-,15-14-,18-17-,21-20-,28-23+. The van der Waals surface area contributed by atoms with Gasteiger partial charge >= 0.3 is 5.97 Å². The molecule has 204 valence electrons. The normalized spacial score (nSPS) is 13.3. The maximum Gasteiger partial charge on any atom is 0.341 e. The number of carbonyl (C=O) groups is 2. The van der Waals surface area contributed by atoms with Crippen LogP contribution < -0.4 is 5.32 Å². The van der Waals surface area contributed by atoms with Crippen LogP contribution in [0.1, 0.15) is 58.8 Å². The molecular formula is C31H45NO5. The van der Waals surface area contributed by atoms with Crippen LogP contribution in [-0.4, -0.2) is 42.8 Å². The Hall–Kier alpha value is -3.38. The van der Waals surface area contributed by atoms with Crippen molar-refractivity contribution >= 4 is 11.9 Å². The quantitative estimate of drug-likeness (QED) is 0.0444. The molecule has 0 spiro atoms. The van der Waals surface area contributed by atoms with E-state index in [0.29, 0.717) is 13.0 Å². The Bertz CT molecular complexity index is 846. The van der Waals surface area contributed by atoms with Gasteiger partial charge < -0.3 is 19.9 Å². The van der Waals surface area contributed by atoms with Crippen LogP contribution in [0.4, 0.5) is 0 Å². The third-order valence-electron chi connectivity index (χ3n) is 4.87. The average Bonchev–Trinajstić information content (AvgIpc) is 2.88. The van der Waals surface area contributed by atoms with E-state index in [9.17, 15) is 14.7 Å². The minimum atomic E-state index is -0.734. The molecule has 0 heterocycles. The second kappa shape index (κ2) is 24.3. The number of allylic oxidation sites excluding steroid dienone is 11. The molecule has 0 saturated heterocycles. The van der Waals surface area contributed by atoms with Gasteiger partial charge in [-0.3, -0.25) is 4.79 Å². The lowest BCUT2D eigenvalue weighted by molar-refractivity contribution is -0.140. The molecular weight excluding hydrogens is 466 g/mol. The second-order valence-electron chi connectivity index (χ2n) is 7.95. The van der Waals surface area contributed by atoms with E-state index in [1.807, 2.05) is 13.0 Å². The van der Waals surface area contributed by atoms with Crippen molar-refractivity contribution in [1.29, 1.82) is 0 Å². The van der Waals surface area contributed by atoms with Crippen LogP contribution in [0.3, 0.4) is 0 Å². The summed E-state index contributed by atoms with van der Waals surface area (Å²) < 4.78 is 10.7. The summed E-state index contributed by atoms with van der Waals surface area (Å²) in [7, 11) is 0. The molecule has 0 saturated carbocycles. The van der Waals surface area contributed by atoms with E-state index >= 15 is 0 Å². The highest BCUT2D eigenvalue weighted by Crippen LogP contribution is 2.07. The van der Waals surface area contributed by atoms with E-state index in [2.05, 4.69) is 80.1 Å². The SMILES string of the molecule is C=C/C=C(\C(=C)O)C(=O)OCCNC(=O)C(CC)OCC/C=C\C/C=C\C/C=C\C/C=C\C/C=C\CC. The van der Waals surface area contributed by atoms with Crippen molar-refractivity contribution in [2.45, 2.75) is 64.9 Å². The molecule has 6 nitrogen and oxygen atoms in total. The Morgan fingerprint density at radius 2 is 1.41 bits per heavy atom. The highest BCUT2D eigenvalue weighted by Gasteiger charge is 2.17. The smallest absolute Gasteiger partial charge is 0.341 e. The molecule has 0 aromatic heterocycles. The van der Waals surface area contributed by atoms with E-state index in [0.717, 1.165) is 38.5 Å². The monoisotopic (exact) mass is 511 g/mol. The van der Waals surface area contributed by atoms with Gasteiger partial charge in [0, 0.05) is 0 Å². The first-order valence-corrected chi connectivity index (χ1v) is 13.0. The van der Waals surface area contributed by atoms with Crippen LogP contribution in [0.5, 0.6) is 0 Å². The number of ether oxygens (including phenoxy) is 2.